The van der Waals surface area contributed by atoms with E-state index in [0.717, 1.165) is 11.8 Å². The molecule has 1 atom stereocenters. The molecule has 0 aromatic heterocycles. The van der Waals surface area contributed by atoms with Gasteiger partial charge in [0.15, 0.2) is 0 Å². The van der Waals surface area contributed by atoms with Gasteiger partial charge < -0.3 is 5.32 Å². The van der Waals surface area contributed by atoms with Gasteiger partial charge in [0.25, 0.3) is 0 Å². The zero-order valence-electron chi connectivity index (χ0n) is 13.0. The van der Waals surface area contributed by atoms with Crippen molar-refractivity contribution in [3.63, 3.8) is 0 Å². The normalized spacial score (nSPS) is 18.7. The van der Waals surface area contributed by atoms with E-state index in [0.29, 0.717) is 6.04 Å². The maximum Gasteiger partial charge on any atom is 0.0292 e. The number of benzene rings is 1. The van der Waals surface area contributed by atoms with Crippen molar-refractivity contribution in [2.45, 2.75) is 75.0 Å². The van der Waals surface area contributed by atoms with E-state index in [1.54, 1.807) is 0 Å². The third-order valence-corrected chi connectivity index (χ3v) is 5.49. The fraction of sp³-hybridized carbons (Fsp3) is 0.667. The molecule has 20 heavy (non-hydrogen) atoms. The highest BCUT2D eigenvalue weighted by Crippen LogP contribution is 2.33. The fourth-order valence-corrected chi connectivity index (χ4v) is 4.20. The first-order valence-electron chi connectivity index (χ1n) is 8.29. The molecule has 1 saturated carbocycles. The largest absolute Gasteiger partial charge is 0.310 e. The summed E-state index contributed by atoms with van der Waals surface area (Å²) >= 11 is 2.11. The summed E-state index contributed by atoms with van der Waals surface area (Å²) in [7, 11) is 0. The van der Waals surface area contributed by atoms with Crippen LogP contribution in [0.25, 0.3) is 0 Å². The zero-order valence-corrected chi connectivity index (χ0v) is 13.8. The number of hydrogen-bond acceptors (Lipinski definition) is 2. The minimum absolute atomic E-state index is 0.463. The number of thioether (sulfide) groups is 1. The van der Waals surface area contributed by atoms with Crippen LogP contribution in [0.2, 0.25) is 0 Å². The second-order valence-corrected chi connectivity index (χ2v) is 7.35. The minimum Gasteiger partial charge on any atom is -0.310 e. The highest BCUT2D eigenvalue weighted by molar-refractivity contribution is 8.00. The van der Waals surface area contributed by atoms with Crippen molar-refractivity contribution in [1.82, 2.24) is 5.32 Å². The number of rotatable bonds is 6. The monoisotopic (exact) mass is 291 g/mol. The lowest BCUT2D eigenvalue weighted by atomic mass is 10.1. The fourth-order valence-electron chi connectivity index (χ4n) is 2.89. The smallest absolute Gasteiger partial charge is 0.0292 e. The molecule has 0 spiro atoms. The Morgan fingerprint density at radius 1 is 1.20 bits per heavy atom. The number of nitrogens with one attached hydrogen (secondary N) is 1. The van der Waals surface area contributed by atoms with Crippen LogP contribution in [-0.2, 0) is 0 Å². The van der Waals surface area contributed by atoms with Gasteiger partial charge in [0, 0.05) is 16.2 Å². The minimum atomic E-state index is 0.463. The maximum atomic E-state index is 3.58. The van der Waals surface area contributed by atoms with Crippen molar-refractivity contribution in [2.24, 2.45) is 0 Å². The molecule has 2 heteroatoms. The van der Waals surface area contributed by atoms with Crippen LogP contribution >= 0.6 is 11.8 Å². The van der Waals surface area contributed by atoms with Crippen molar-refractivity contribution in [1.29, 1.82) is 0 Å². The molecular formula is C18H29NS. The van der Waals surface area contributed by atoms with Gasteiger partial charge in [-0.1, -0.05) is 44.7 Å². The molecule has 112 valence electrons. The Kier molecular flexibility index (Phi) is 6.95. The summed E-state index contributed by atoms with van der Waals surface area (Å²) in [6.07, 6.45) is 9.72. The molecule has 1 nitrogen and oxygen atoms in total. The van der Waals surface area contributed by atoms with Crippen molar-refractivity contribution in [3.8, 4) is 0 Å². The van der Waals surface area contributed by atoms with E-state index in [2.05, 4.69) is 55.2 Å². The Hall–Kier alpha value is -0.470. The van der Waals surface area contributed by atoms with Crippen molar-refractivity contribution in [3.05, 3.63) is 29.8 Å². The van der Waals surface area contributed by atoms with Gasteiger partial charge in [-0.3, -0.25) is 0 Å². The molecule has 0 heterocycles. The van der Waals surface area contributed by atoms with Crippen molar-refractivity contribution >= 4 is 11.8 Å². The molecule has 1 aliphatic rings. The first-order valence-corrected chi connectivity index (χ1v) is 9.17. The summed E-state index contributed by atoms with van der Waals surface area (Å²) < 4.78 is 0. The second-order valence-electron chi connectivity index (χ2n) is 5.98. The van der Waals surface area contributed by atoms with Crippen LogP contribution < -0.4 is 5.32 Å². The van der Waals surface area contributed by atoms with Crippen LogP contribution in [0.5, 0.6) is 0 Å². The van der Waals surface area contributed by atoms with Crippen LogP contribution in [0.4, 0.5) is 0 Å². The van der Waals surface area contributed by atoms with Crippen LogP contribution in [-0.4, -0.2) is 11.8 Å². The summed E-state index contributed by atoms with van der Waals surface area (Å²) in [5.41, 5.74) is 1.43. The lowest BCUT2D eigenvalue weighted by molar-refractivity contribution is 0.570. The third-order valence-electron chi connectivity index (χ3n) is 4.16. The lowest BCUT2D eigenvalue weighted by Gasteiger charge is -2.17. The Balaban J connectivity index is 1.94. The van der Waals surface area contributed by atoms with Crippen LogP contribution in [0.1, 0.15) is 70.4 Å². The average Bonchev–Trinajstić information content (AvgIpc) is 2.73. The molecular weight excluding hydrogens is 262 g/mol. The molecule has 1 unspecified atom stereocenters. The highest BCUT2D eigenvalue weighted by atomic mass is 32.2. The van der Waals surface area contributed by atoms with Gasteiger partial charge in [-0.15, -0.1) is 11.8 Å². The van der Waals surface area contributed by atoms with Gasteiger partial charge in [0.2, 0.25) is 0 Å². The molecule has 0 saturated heterocycles. The Morgan fingerprint density at radius 3 is 2.65 bits per heavy atom. The molecule has 1 aromatic carbocycles. The van der Waals surface area contributed by atoms with Gasteiger partial charge in [-0.25, -0.2) is 0 Å². The molecule has 0 radical (unpaired) electrons. The molecule has 1 fully saturated rings. The summed E-state index contributed by atoms with van der Waals surface area (Å²) in [5.74, 6) is 0. The quantitative estimate of drug-likeness (QED) is 0.688. The van der Waals surface area contributed by atoms with Gasteiger partial charge in [-0.05, 0) is 50.4 Å². The topological polar surface area (TPSA) is 12.0 Å². The predicted octanol–water partition coefficient (Wildman–Crippen LogP) is 5.56. The molecule has 0 amide bonds. The number of hydrogen-bond donors (Lipinski definition) is 1. The predicted molar refractivity (Wildman–Crippen MR) is 90.5 cm³/mol. The highest BCUT2D eigenvalue weighted by Gasteiger charge is 2.14. The van der Waals surface area contributed by atoms with E-state index in [9.17, 15) is 0 Å². The van der Waals surface area contributed by atoms with Gasteiger partial charge in [-0.2, -0.15) is 0 Å². The molecule has 1 N–H and O–H groups in total. The first kappa shape index (κ1) is 15.9. The molecule has 1 aromatic rings. The summed E-state index contributed by atoms with van der Waals surface area (Å²) in [4.78, 5) is 1.46. The SMILES string of the molecule is CCCNC(C)c1cccc(SC2CCCCCC2)c1. The maximum absolute atomic E-state index is 3.58. The van der Waals surface area contributed by atoms with Crippen molar-refractivity contribution < 1.29 is 0 Å². The van der Waals surface area contributed by atoms with Crippen LogP contribution in [0.3, 0.4) is 0 Å². The van der Waals surface area contributed by atoms with E-state index in [4.69, 9.17) is 0 Å². The first-order chi connectivity index (χ1) is 9.79. The van der Waals surface area contributed by atoms with Gasteiger partial charge >= 0.3 is 0 Å². The molecule has 2 rings (SSSR count). The Bertz CT molecular complexity index is 383. The Labute approximate surface area is 128 Å². The molecule has 0 bridgehead atoms. The van der Waals surface area contributed by atoms with E-state index in [1.807, 2.05) is 0 Å². The summed E-state index contributed by atoms with van der Waals surface area (Å²) in [5, 5.41) is 4.42. The zero-order chi connectivity index (χ0) is 14.2. The second kappa shape index (κ2) is 8.74. The van der Waals surface area contributed by atoms with Crippen molar-refractivity contribution in [2.75, 3.05) is 6.54 Å². The lowest BCUT2D eigenvalue weighted by Crippen LogP contribution is -2.19. The van der Waals surface area contributed by atoms with Crippen LogP contribution in [0.15, 0.2) is 29.2 Å². The Morgan fingerprint density at radius 2 is 1.95 bits per heavy atom. The average molecular weight is 292 g/mol. The van der Waals surface area contributed by atoms with E-state index in [1.165, 1.54) is 55.4 Å². The van der Waals surface area contributed by atoms with E-state index >= 15 is 0 Å². The summed E-state index contributed by atoms with van der Waals surface area (Å²) in [6.45, 7) is 5.59. The van der Waals surface area contributed by atoms with Crippen LogP contribution in [0, 0.1) is 0 Å². The standard InChI is InChI=1S/C18H29NS/c1-3-13-19-15(2)16-9-8-12-18(14-16)20-17-10-6-4-5-7-11-17/h8-9,12,14-15,17,19H,3-7,10-11,13H2,1-2H3. The van der Waals surface area contributed by atoms with Gasteiger partial charge in [0.1, 0.15) is 0 Å². The third kappa shape index (κ3) is 5.14. The summed E-state index contributed by atoms with van der Waals surface area (Å²) in [6, 6.07) is 9.61. The van der Waals surface area contributed by atoms with E-state index < -0.39 is 0 Å². The molecule has 0 aliphatic heterocycles. The van der Waals surface area contributed by atoms with Gasteiger partial charge in [0.05, 0.1) is 0 Å². The molecule has 1 aliphatic carbocycles. The van der Waals surface area contributed by atoms with E-state index in [-0.39, 0.29) is 0 Å².